The van der Waals surface area contributed by atoms with E-state index < -0.39 is 21.9 Å². The summed E-state index contributed by atoms with van der Waals surface area (Å²) in [5.41, 5.74) is -0.170. The van der Waals surface area contributed by atoms with Crippen molar-refractivity contribution in [1.29, 1.82) is 0 Å². The van der Waals surface area contributed by atoms with Gasteiger partial charge in [0.05, 0.1) is 11.1 Å². The minimum atomic E-state index is -3.93. The molecule has 7 heteroatoms. The molecule has 1 heterocycles. The average Bonchev–Trinajstić information content (AvgIpc) is 3.20. The van der Waals surface area contributed by atoms with Crippen molar-refractivity contribution in [3.63, 3.8) is 0 Å². The van der Waals surface area contributed by atoms with Crippen LogP contribution in [0.5, 0.6) is 0 Å². The molecule has 112 valence electrons. The van der Waals surface area contributed by atoms with Gasteiger partial charge in [0.1, 0.15) is 4.90 Å². The normalized spacial score (nSPS) is 21.2. The number of rotatable bonds is 4. The fourth-order valence-electron chi connectivity index (χ4n) is 2.67. The summed E-state index contributed by atoms with van der Waals surface area (Å²) >= 11 is 0. The van der Waals surface area contributed by atoms with Crippen LogP contribution in [0.2, 0.25) is 0 Å². The number of hydrogen-bond donors (Lipinski definition) is 1. The van der Waals surface area contributed by atoms with E-state index in [1.165, 1.54) is 12.1 Å². The summed E-state index contributed by atoms with van der Waals surface area (Å²) in [5, 5.41) is 8.96. The summed E-state index contributed by atoms with van der Waals surface area (Å²) in [7, 11) is -3.93. The SMILES string of the molecule is CCC1(CN2C(=O)c3ccc(C(=O)O)cc3S2(=O)=O)CC1. The van der Waals surface area contributed by atoms with Crippen LogP contribution in [0.1, 0.15) is 46.9 Å². The summed E-state index contributed by atoms with van der Waals surface area (Å²) in [6.45, 7) is 2.16. The Morgan fingerprint density at radius 1 is 1.38 bits per heavy atom. The molecule has 3 rings (SSSR count). The molecule has 0 unspecified atom stereocenters. The van der Waals surface area contributed by atoms with Crippen molar-refractivity contribution in [3.8, 4) is 0 Å². The second-order valence-corrected chi connectivity index (χ2v) is 7.52. The molecule has 6 nitrogen and oxygen atoms in total. The summed E-state index contributed by atoms with van der Waals surface area (Å²) < 4.78 is 25.9. The van der Waals surface area contributed by atoms with Gasteiger partial charge in [0.15, 0.2) is 0 Å². The first kappa shape index (κ1) is 14.1. The van der Waals surface area contributed by atoms with E-state index in [-0.39, 0.29) is 28.0 Å². The van der Waals surface area contributed by atoms with Crippen LogP contribution >= 0.6 is 0 Å². The van der Waals surface area contributed by atoms with E-state index in [9.17, 15) is 18.0 Å². The Bertz CT molecular complexity index is 749. The predicted molar refractivity (Wildman–Crippen MR) is 73.6 cm³/mol. The Hall–Kier alpha value is -1.89. The third-order valence-electron chi connectivity index (χ3n) is 4.44. The first-order valence-corrected chi connectivity index (χ1v) is 8.19. The van der Waals surface area contributed by atoms with Crippen molar-refractivity contribution < 1.29 is 23.1 Å². The maximum absolute atomic E-state index is 12.5. The number of carbonyl (C=O) groups excluding carboxylic acids is 1. The molecular weight excluding hydrogens is 294 g/mol. The Morgan fingerprint density at radius 2 is 2.05 bits per heavy atom. The lowest BCUT2D eigenvalue weighted by Gasteiger charge is -2.21. The van der Waals surface area contributed by atoms with E-state index >= 15 is 0 Å². The molecule has 0 atom stereocenters. The fourth-order valence-corrected chi connectivity index (χ4v) is 4.38. The summed E-state index contributed by atoms with van der Waals surface area (Å²) in [6, 6.07) is 3.60. The first-order valence-electron chi connectivity index (χ1n) is 6.75. The van der Waals surface area contributed by atoms with Crippen LogP contribution in [0, 0.1) is 5.41 Å². The lowest BCUT2D eigenvalue weighted by molar-refractivity contribution is 0.0695. The fraction of sp³-hybridized carbons (Fsp3) is 0.429. The van der Waals surface area contributed by atoms with Crippen molar-refractivity contribution in [2.75, 3.05) is 6.54 Å². The molecule has 1 fully saturated rings. The van der Waals surface area contributed by atoms with Gasteiger partial charge in [0.2, 0.25) is 0 Å². The molecule has 1 aromatic rings. The molecule has 1 aliphatic heterocycles. The molecule has 1 amide bonds. The molecule has 1 aliphatic carbocycles. The summed E-state index contributed by atoms with van der Waals surface area (Å²) in [4.78, 5) is 23.1. The maximum Gasteiger partial charge on any atom is 0.335 e. The van der Waals surface area contributed by atoms with Crippen molar-refractivity contribution in [3.05, 3.63) is 29.3 Å². The highest BCUT2D eigenvalue weighted by Gasteiger charge is 2.49. The number of aromatic carboxylic acids is 1. The van der Waals surface area contributed by atoms with E-state index in [1.54, 1.807) is 0 Å². The molecule has 0 spiro atoms. The van der Waals surface area contributed by atoms with Gasteiger partial charge in [0, 0.05) is 6.54 Å². The zero-order valence-electron chi connectivity index (χ0n) is 11.5. The number of sulfonamides is 1. The second-order valence-electron chi connectivity index (χ2n) is 5.69. The van der Waals surface area contributed by atoms with E-state index in [1.807, 2.05) is 6.92 Å². The van der Waals surface area contributed by atoms with Crippen LogP contribution in [0.15, 0.2) is 23.1 Å². The standard InChI is InChI=1S/C14H15NO5S/c1-2-14(5-6-14)8-15-12(16)10-4-3-9(13(17)18)7-11(10)21(15,19)20/h3-4,7H,2,5-6,8H2,1H3,(H,17,18). The largest absolute Gasteiger partial charge is 0.478 e. The van der Waals surface area contributed by atoms with E-state index in [0.717, 1.165) is 29.6 Å². The summed E-state index contributed by atoms with van der Waals surface area (Å²) in [5.74, 6) is -1.77. The monoisotopic (exact) mass is 309 g/mol. The van der Waals surface area contributed by atoms with Crippen LogP contribution in [-0.4, -0.2) is 36.3 Å². The van der Waals surface area contributed by atoms with Crippen LogP contribution in [0.4, 0.5) is 0 Å². The molecular formula is C14H15NO5S. The Morgan fingerprint density at radius 3 is 2.57 bits per heavy atom. The number of hydrogen-bond acceptors (Lipinski definition) is 4. The maximum atomic E-state index is 12.5. The van der Waals surface area contributed by atoms with Gasteiger partial charge in [-0.05, 0) is 42.9 Å². The van der Waals surface area contributed by atoms with Crippen LogP contribution < -0.4 is 0 Å². The van der Waals surface area contributed by atoms with Crippen molar-refractivity contribution in [2.45, 2.75) is 31.1 Å². The molecule has 2 aliphatic rings. The van der Waals surface area contributed by atoms with E-state index in [4.69, 9.17) is 5.11 Å². The number of carboxylic acids is 1. The number of benzene rings is 1. The minimum absolute atomic E-state index is 0.0619. The molecule has 0 aromatic heterocycles. The second kappa shape index (κ2) is 4.30. The lowest BCUT2D eigenvalue weighted by Crippen LogP contribution is -2.35. The lowest BCUT2D eigenvalue weighted by atomic mass is 10.0. The number of carbonyl (C=O) groups is 2. The zero-order chi connectivity index (χ0) is 15.4. The topological polar surface area (TPSA) is 91.8 Å². The van der Waals surface area contributed by atoms with E-state index in [2.05, 4.69) is 0 Å². The van der Waals surface area contributed by atoms with Crippen molar-refractivity contribution >= 4 is 21.9 Å². The van der Waals surface area contributed by atoms with Gasteiger partial charge in [0.25, 0.3) is 15.9 Å². The van der Waals surface area contributed by atoms with Crippen LogP contribution in [-0.2, 0) is 10.0 Å². The number of carboxylic acid groups (broad SMARTS) is 1. The molecule has 21 heavy (non-hydrogen) atoms. The predicted octanol–water partition coefficient (Wildman–Crippen LogP) is 1.72. The van der Waals surface area contributed by atoms with Gasteiger partial charge in [-0.2, -0.15) is 0 Å². The third kappa shape index (κ3) is 2.03. The zero-order valence-corrected chi connectivity index (χ0v) is 12.3. The Labute approximate surface area is 122 Å². The molecule has 0 radical (unpaired) electrons. The third-order valence-corrected chi connectivity index (χ3v) is 6.21. The Balaban J connectivity index is 2.04. The average molecular weight is 309 g/mol. The van der Waals surface area contributed by atoms with Gasteiger partial charge in [-0.3, -0.25) is 4.79 Å². The molecule has 0 saturated heterocycles. The van der Waals surface area contributed by atoms with Gasteiger partial charge in [-0.1, -0.05) is 6.92 Å². The van der Waals surface area contributed by atoms with Gasteiger partial charge in [-0.15, -0.1) is 0 Å². The quantitative estimate of drug-likeness (QED) is 0.914. The van der Waals surface area contributed by atoms with E-state index in [0.29, 0.717) is 0 Å². The van der Waals surface area contributed by atoms with Gasteiger partial charge < -0.3 is 5.11 Å². The summed E-state index contributed by atoms with van der Waals surface area (Å²) in [6.07, 6.45) is 2.65. The van der Waals surface area contributed by atoms with Gasteiger partial charge in [-0.25, -0.2) is 17.5 Å². The highest BCUT2D eigenvalue weighted by molar-refractivity contribution is 7.90. The molecule has 1 aromatic carbocycles. The minimum Gasteiger partial charge on any atom is -0.478 e. The highest BCUT2D eigenvalue weighted by Crippen LogP contribution is 2.50. The van der Waals surface area contributed by atoms with Crippen molar-refractivity contribution in [1.82, 2.24) is 4.31 Å². The molecule has 1 N–H and O–H groups in total. The molecule has 1 saturated carbocycles. The Kier molecular flexibility index (Phi) is 2.88. The smallest absolute Gasteiger partial charge is 0.335 e. The van der Waals surface area contributed by atoms with Crippen molar-refractivity contribution in [2.24, 2.45) is 5.41 Å². The first-order chi connectivity index (χ1) is 9.81. The molecule has 0 bridgehead atoms. The van der Waals surface area contributed by atoms with Crippen LogP contribution in [0.3, 0.4) is 0 Å². The number of fused-ring (bicyclic) bond motifs is 1. The van der Waals surface area contributed by atoms with Crippen LogP contribution in [0.25, 0.3) is 0 Å². The van der Waals surface area contributed by atoms with Gasteiger partial charge >= 0.3 is 5.97 Å². The number of amides is 1. The number of nitrogens with zero attached hydrogens (tertiary/aromatic N) is 1. The highest BCUT2D eigenvalue weighted by atomic mass is 32.2.